The smallest absolute Gasteiger partial charge is 0.257 e. The van der Waals surface area contributed by atoms with Crippen LogP contribution in [-0.4, -0.2) is 22.6 Å². The molecule has 0 aliphatic heterocycles. The minimum atomic E-state index is -0.434. The Bertz CT molecular complexity index is 632. The van der Waals surface area contributed by atoms with E-state index in [0.717, 1.165) is 12.1 Å². The minimum absolute atomic E-state index is 0.232. The molecular formula is C15H19FN4O. The minimum Gasteiger partial charge on any atom is -0.382 e. The van der Waals surface area contributed by atoms with Crippen LogP contribution in [-0.2, 0) is 0 Å². The number of halogens is 1. The molecule has 0 spiro atoms. The lowest BCUT2D eigenvalue weighted by Gasteiger charge is -2.12. The van der Waals surface area contributed by atoms with Crippen LogP contribution in [0.4, 0.5) is 15.8 Å². The van der Waals surface area contributed by atoms with Gasteiger partial charge in [-0.25, -0.2) is 4.39 Å². The summed E-state index contributed by atoms with van der Waals surface area (Å²) in [6.07, 6.45) is 0.843. The average Bonchev–Trinajstić information content (AvgIpc) is 2.77. The van der Waals surface area contributed by atoms with Gasteiger partial charge in [-0.05, 0) is 32.4 Å². The lowest BCUT2D eigenvalue weighted by atomic mass is 10.1. The number of aromatic amines is 1. The molecule has 1 amide bonds. The van der Waals surface area contributed by atoms with Crippen molar-refractivity contribution in [3.05, 3.63) is 41.0 Å². The van der Waals surface area contributed by atoms with Crippen LogP contribution >= 0.6 is 0 Å². The molecule has 0 radical (unpaired) electrons. The van der Waals surface area contributed by atoms with Gasteiger partial charge in [-0.3, -0.25) is 9.89 Å². The van der Waals surface area contributed by atoms with E-state index in [2.05, 4.69) is 20.8 Å². The fraction of sp³-hybridized carbons (Fsp3) is 0.333. The van der Waals surface area contributed by atoms with Crippen LogP contribution in [0, 0.1) is 19.7 Å². The Kier molecular flexibility index (Phi) is 4.57. The number of benzene rings is 1. The zero-order chi connectivity index (χ0) is 15.4. The van der Waals surface area contributed by atoms with Crippen molar-refractivity contribution in [2.24, 2.45) is 0 Å². The van der Waals surface area contributed by atoms with Crippen LogP contribution < -0.4 is 10.6 Å². The van der Waals surface area contributed by atoms with Gasteiger partial charge in [0, 0.05) is 6.54 Å². The molecule has 0 aliphatic carbocycles. The number of amides is 1. The van der Waals surface area contributed by atoms with E-state index in [0.29, 0.717) is 17.9 Å². The van der Waals surface area contributed by atoms with E-state index in [9.17, 15) is 9.18 Å². The maximum atomic E-state index is 13.9. The summed E-state index contributed by atoms with van der Waals surface area (Å²) < 4.78 is 13.9. The van der Waals surface area contributed by atoms with Gasteiger partial charge in [0.2, 0.25) is 0 Å². The topological polar surface area (TPSA) is 69.8 Å². The van der Waals surface area contributed by atoms with Gasteiger partial charge in [-0.2, -0.15) is 5.10 Å². The standard InChI is InChI=1S/C15H19FN4O/c1-4-8-17-14-11(6-5-7-12(14)16)15(21)18-13-9(2)19-20-10(13)3/h5-7,17H,4,8H2,1-3H3,(H,18,21)(H,19,20). The van der Waals surface area contributed by atoms with Gasteiger partial charge in [-0.15, -0.1) is 0 Å². The fourth-order valence-electron chi connectivity index (χ4n) is 2.06. The number of nitrogens with one attached hydrogen (secondary N) is 3. The normalized spacial score (nSPS) is 10.5. The maximum Gasteiger partial charge on any atom is 0.257 e. The Morgan fingerprint density at radius 3 is 2.71 bits per heavy atom. The molecule has 0 bridgehead atoms. The van der Waals surface area contributed by atoms with Crippen molar-refractivity contribution in [2.75, 3.05) is 17.2 Å². The van der Waals surface area contributed by atoms with Crippen molar-refractivity contribution in [3.8, 4) is 0 Å². The Morgan fingerprint density at radius 2 is 2.10 bits per heavy atom. The Morgan fingerprint density at radius 1 is 1.33 bits per heavy atom. The summed E-state index contributed by atoms with van der Waals surface area (Å²) >= 11 is 0. The Balaban J connectivity index is 2.29. The van der Waals surface area contributed by atoms with Gasteiger partial charge >= 0.3 is 0 Å². The number of rotatable bonds is 5. The van der Waals surface area contributed by atoms with Gasteiger partial charge in [0.05, 0.1) is 28.3 Å². The monoisotopic (exact) mass is 290 g/mol. The van der Waals surface area contributed by atoms with Crippen LogP contribution in [0.15, 0.2) is 18.2 Å². The van der Waals surface area contributed by atoms with E-state index in [1.54, 1.807) is 13.0 Å². The number of hydrogen-bond donors (Lipinski definition) is 3. The lowest BCUT2D eigenvalue weighted by molar-refractivity contribution is 0.102. The number of para-hydroxylation sites is 1. The number of hydrogen-bond acceptors (Lipinski definition) is 3. The van der Waals surface area contributed by atoms with Gasteiger partial charge < -0.3 is 10.6 Å². The first kappa shape index (κ1) is 15.0. The van der Waals surface area contributed by atoms with Crippen molar-refractivity contribution < 1.29 is 9.18 Å². The third-order valence-corrected chi connectivity index (χ3v) is 3.18. The Hall–Kier alpha value is -2.37. The predicted octanol–water partition coefficient (Wildman–Crippen LogP) is 3.24. The first-order valence-electron chi connectivity index (χ1n) is 6.89. The maximum absolute atomic E-state index is 13.9. The van der Waals surface area contributed by atoms with Crippen LogP contribution in [0.2, 0.25) is 0 Å². The molecule has 5 nitrogen and oxygen atoms in total. The molecule has 1 aromatic carbocycles. The third kappa shape index (κ3) is 3.21. The summed E-state index contributed by atoms with van der Waals surface area (Å²) in [5.74, 6) is -0.794. The second kappa shape index (κ2) is 6.39. The molecular weight excluding hydrogens is 271 g/mol. The number of aryl methyl sites for hydroxylation is 2. The van der Waals surface area contributed by atoms with Crippen molar-refractivity contribution in [2.45, 2.75) is 27.2 Å². The van der Waals surface area contributed by atoms with Crippen molar-refractivity contribution >= 4 is 17.3 Å². The number of H-pyrrole nitrogens is 1. The number of carbonyl (C=O) groups is 1. The number of anilines is 2. The van der Waals surface area contributed by atoms with Crippen LogP contribution in [0.1, 0.15) is 35.1 Å². The SMILES string of the molecule is CCCNc1c(F)cccc1C(=O)Nc1c(C)n[nH]c1C. The molecule has 21 heavy (non-hydrogen) atoms. The summed E-state index contributed by atoms with van der Waals surface area (Å²) in [6.45, 7) is 6.19. The Labute approximate surface area is 123 Å². The molecule has 2 rings (SSSR count). The third-order valence-electron chi connectivity index (χ3n) is 3.18. The van der Waals surface area contributed by atoms with Gasteiger partial charge in [0.1, 0.15) is 5.82 Å². The van der Waals surface area contributed by atoms with E-state index >= 15 is 0 Å². The molecule has 2 aromatic rings. The van der Waals surface area contributed by atoms with Gasteiger partial charge in [-0.1, -0.05) is 13.0 Å². The van der Waals surface area contributed by atoms with Crippen LogP contribution in [0.5, 0.6) is 0 Å². The summed E-state index contributed by atoms with van der Waals surface area (Å²) in [6, 6.07) is 4.46. The molecule has 0 saturated carbocycles. The molecule has 0 unspecified atom stereocenters. The highest BCUT2D eigenvalue weighted by atomic mass is 19.1. The van der Waals surface area contributed by atoms with Crippen molar-refractivity contribution in [1.29, 1.82) is 0 Å². The van der Waals surface area contributed by atoms with E-state index < -0.39 is 5.82 Å². The number of aromatic nitrogens is 2. The van der Waals surface area contributed by atoms with E-state index in [1.165, 1.54) is 12.1 Å². The second-order valence-electron chi connectivity index (χ2n) is 4.85. The largest absolute Gasteiger partial charge is 0.382 e. The number of carbonyl (C=O) groups excluding carboxylic acids is 1. The van der Waals surface area contributed by atoms with E-state index in [-0.39, 0.29) is 17.2 Å². The predicted molar refractivity (Wildman–Crippen MR) is 81.2 cm³/mol. The zero-order valence-corrected chi connectivity index (χ0v) is 12.4. The lowest BCUT2D eigenvalue weighted by Crippen LogP contribution is -2.17. The first-order valence-corrected chi connectivity index (χ1v) is 6.89. The summed E-state index contributed by atoms with van der Waals surface area (Å²) in [4.78, 5) is 12.4. The highest BCUT2D eigenvalue weighted by Crippen LogP contribution is 2.23. The van der Waals surface area contributed by atoms with Gasteiger partial charge in [0.15, 0.2) is 0 Å². The van der Waals surface area contributed by atoms with Crippen LogP contribution in [0.3, 0.4) is 0 Å². The molecule has 1 aromatic heterocycles. The first-order chi connectivity index (χ1) is 10.0. The quantitative estimate of drug-likeness (QED) is 0.791. The fourth-order valence-corrected chi connectivity index (χ4v) is 2.06. The summed E-state index contributed by atoms with van der Waals surface area (Å²) in [5.41, 5.74) is 2.60. The highest BCUT2D eigenvalue weighted by molar-refractivity contribution is 6.08. The van der Waals surface area contributed by atoms with E-state index in [1.807, 2.05) is 13.8 Å². The molecule has 3 N–H and O–H groups in total. The highest BCUT2D eigenvalue weighted by Gasteiger charge is 2.17. The molecule has 6 heteroatoms. The summed E-state index contributed by atoms with van der Waals surface area (Å²) in [5, 5.41) is 12.6. The second-order valence-corrected chi connectivity index (χ2v) is 4.85. The average molecular weight is 290 g/mol. The van der Waals surface area contributed by atoms with E-state index in [4.69, 9.17) is 0 Å². The molecule has 0 fully saturated rings. The number of nitrogens with zero attached hydrogens (tertiary/aromatic N) is 1. The van der Waals surface area contributed by atoms with Crippen molar-refractivity contribution in [1.82, 2.24) is 10.2 Å². The molecule has 1 heterocycles. The van der Waals surface area contributed by atoms with Crippen molar-refractivity contribution in [3.63, 3.8) is 0 Å². The molecule has 0 atom stereocenters. The van der Waals surface area contributed by atoms with Gasteiger partial charge in [0.25, 0.3) is 5.91 Å². The van der Waals surface area contributed by atoms with Crippen LogP contribution in [0.25, 0.3) is 0 Å². The zero-order valence-electron chi connectivity index (χ0n) is 12.4. The summed E-state index contributed by atoms with van der Waals surface area (Å²) in [7, 11) is 0. The molecule has 112 valence electrons. The molecule has 0 aliphatic rings. The molecule has 0 saturated heterocycles.